The molecule has 3 aromatic rings. The second-order valence-electron chi connectivity index (χ2n) is 6.87. The van der Waals surface area contributed by atoms with Crippen LogP contribution in [-0.2, 0) is 0 Å². The standard InChI is InChI=1S/C23H23N3O2/c24-17-8-13-22(21(16-17)23(27)26-14-4-5-15-26)25-18-9-11-20(12-10-18)28-19-6-2-1-3-7-19/h1-3,6-13,16,25H,4-5,14-15,24H2. The smallest absolute Gasteiger partial charge is 0.256 e. The van der Waals surface area contributed by atoms with Gasteiger partial charge in [0.1, 0.15) is 11.5 Å². The van der Waals surface area contributed by atoms with E-state index in [2.05, 4.69) is 5.32 Å². The molecule has 0 spiro atoms. The fourth-order valence-electron chi connectivity index (χ4n) is 3.32. The maximum Gasteiger partial charge on any atom is 0.256 e. The molecule has 1 saturated heterocycles. The number of nitrogens with zero attached hydrogens (tertiary/aromatic N) is 1. The lowest BCUT2D eigenvalue weighted by molar-refractivity contribution is 0.0794. The van der Waals surface area contributed by atoms with Crippen LogP contribution in [0.2, 0.25) is 0 Å². The van der Waals surface area contributed by atoms with Crippen molar-refractivity contribution in [2.45, 2.75) is 12.8 Å². The average molecular weight is 373 g/mol. The fourth-order valence-corrected chi connectivity index (χ4v) is 3.32. The van der Waals surface area contributed by atoms with Crippen LogP contribution in [0.15, 0.2) is 72.8 Å². The number of likely N-dealkylation sites (tertiary alicyclic amines) is 1. The Morgan fingerprint density at radius 3 is 2.29 bits per heavy atom. The van der Waals surface area contributed by atoms with Gasteiger partial charge in [-0.25, -0.2) is 0 Å². The number of carbonyl (C=O) groups excluding carboxylic acids is 1. The molecule has 1 aliphatic rings. The summed E-state index contributed by atoms with van der Waals surface area (Å²) in [6.07, 6.45) is 2.11. The van der Waals surface area contributed by atoms with Gasteiger partial charge in [-0.2, -0.15) is 0 Å². The molecule has 142 valence electrons. The molecule has 3 N–H and O–H groups in total. The lowest BCUT2D eigenvalue weighted by atomic mass is 10.1. The van der Waals surface area contributed by atoms with E-state index in [-0.39, 0.29) is 5.91 Å². The number of hydrogen-bond acceptors (Lipinski definition) is 4. The molecule has 0 bridgehead atoms. The third-order valence-corrected chi connectivity index (χ3v) is 4.78. The van der Waals surface area contributed by atoms with Crippen molar-refractivity contribution in [3.8, 4) is 11.5 Å². The average Bonchev–Trinajstić information content (AvgIpc) is 3.26. The number of nitrogens with two attached hydrogens (primary N) is 1. The van der Waals surface area contributed by atoms with E-state index in [4.69, 9.17) is 10.5 Å². The van der Waals surface area contributed by atoms with Gasteiger partial charge in [0, 0.05) is 24.5 Å². The maximum absolute atomic E-state index is 12.9. The maximum atomic E-state index is 12.9. The second-order valence-corrected chi connectivity index (χ2v) is 6.87. The predicted molar refractivity (Wildman–Crippen MR) is 112 cm³/mol. The van der Waals surface area contributed by atoms with E-state index in [1.165, 1.54) is 0 Å². The van der Waals surface area contributed by atoms with Crippen molar-refractivity contribution in [1.82, 2.24) is 4.90 Å². The molecule has 4 rings (SSSR count). The van der Waals surface area contributed by atoms with E-state index in [1.54, 1.807) is 12.1 Å². The summed E-state index contributed by atoms with van der Waals surface area (Å²) in [7, 11) is 0. The van der Waals surface area contributed by atoms with Gasteiger partial charge in [-0.1, -0.05) is 18.2 Å². The number of para-hydroxylation sites is 1. The lowest BCUT2D eigenvalue weighted by Crippen LogP contribution is -2.28. The third kappa shape index (κ3) is 4.09. The minimum absolute atomic E-state index is 0.0244. The number of benzene rings is 3. The minimum Gasteiger partial charge on any atom is -0.457 e. The van der Waals surface area contributed by atoms with Crippen molar-refractivity contribution in [3.05, 3.63) is 78.4 Å². The Bertz CT molecular complexity index is 949. The van der Waals surface area contributed by atoms with E-state index in [0.717, 1.165) is 48.8 Å². The molecular weight excluding hydrogens is 350 g/mol. The Labute approximate surface area is 164 Å². The molecule has 1 amide bonds. The number of nitrogens with one attached hydrogen (secondary N) is 1. The van der Waals surface area contributed by atoms with E-state index >= 15 is 0 Å². The molecule has 1 aliphatic heterocycles. The topological polar surface area (TPSA) is 67.6 Å². The van der Waals surface area contributed by atoms with Crippen LogP contribution >= 0.6 is 0 Å². The van der Waals surface area contributed by atoms with Crippen molar-refractivity contribution in [2.75, 3.05) is 24.1 Å². The van der Waals surface area contributed by atoms with Gasteiger partial charge in [-0.15, -0.1) is 0 Å². The van der Waals surface area contributed by atoms with Crippen molar-refractivity contribution < 1.29 is 9.53 Å². The molecule has 0 atom stereocenters. The highest BCUT2D eigenvalue weighted by Gasteiger charge is 2.22. The zero-order valence-electron chi connectivity index (χ0n) is 15.6. The van der Waals surface area contributed by atoms with Crippen LogP contribution in [0.4, 0.5) is 17.1 Å². The first kappa shape index (κ1) is 17.9. The monoisotopic (exact) mass is 373 g/mol. The Balaban J connectivity index is 1.51. The lowest BCUT2D eigenvalue weighted by Gasteiger charge is -2.19. The minimum atomic E-state index is 0.0244. The summed E-state index contributed by atoms with van der Waals surface area (Å²) in [4.78, 5) is 14.8. The van der Waals surface area contributed by atoms with Crippen LogP contribution in [0.5, 0.6) is 11.5 Å². The number of carbonyl (C=O) groups is 1. The van der Waals surface area contributed by atoms with Gasteiger partial charge in [-0.3, -0.25) is 4.79 Å². The number of ether oxygens (including phenoxy) is 1. The van der Waals surface area contributed by atoms with Crippen molar-refractivity contribution in [2.24, 2.45) is 0 Å². The van der Waals surface area contributed by atoms with Crippen LogP contribution in [-0.4, -0.2) is 23.9 Å². The summed E-state index contributed by atoms with van der Waals surface area (Å²) in [5, 5.41) is 3.34. The van der Waals surface area contributed by atoms with Crippen LogP contribution in [0, 0.1) is 0 Å². The molecule has 3 aromatic carbocycles. The summed E-state index contributed by atoms with van der Waals surface area (Å²) in [6, 6.07) is 22.7. The highest BCUT2D eigenvalue weighted by Crippen LogP contribution is 2.28. The van der Waals surface area contributed by atoms with Gasteiger partial charge in [0.2, 0.25) is 0 Å². The molecule has 1 heterocycles. The fraction of sp³-hybridized carbons (Fsp3) is 0.174. The molecule has 5 nitrogen and oxygen atoms in total. The first-order valence-corrected chi connectivity index (χ1v) is 9.48. The van der Waals surface area contributed by atoms with E-state index in [9.17, 15) is 4.79 Å². The zero-order chi connectivity index (χ0) is 19.3. The van der Waals surface area contributed by atoms with Crippen molar-refractivity contribution >= 4 is 23.0 Å². The molecule has 5 heteroatoms. The highest BCUT2D eigenvalue weighted by atomic mass is 16.5. The third-order valence-electron chi connectivity index (χ3n) is 4.78. The number of rotatable bonds is 5. The second kappa shape index (κ2) is 8.05. The number of hydrogen-bond donors (Lipinski definition) is 2. The molecule has 1 fully saturated rings. The molecule has 0 unspecified atom stereocenters. The van der Waals surface area contributed by atoms with Crippen LogP contribution in [0.25, 0.3) is 0 Å². The molecule has 0 aliphatic carbocycles. The summed E-state index contributed by atoms with van der Waals surface area (Å²) < 4.78 is 5.82. The van der Waals surface area contributed by atoms with Crippen molar-refractivity contribution in [3.63, 3.8) is 0 Å². The van der Waals surface area contributed by atoms with Crippen LogP contribution < -0.4 is 15.8 Å². The Morgan fingerprint density at radius 1 is 0.893 bits per heavy atom. The van der Waals surface area contributed by atoms with Gasteiger partial charge in [0.05, 0.1) is 11.3 Å². The number of amides is 1. The largest absolute Gasteiger partial charge is 0.457 e. The molecule has 0 aromatic heterocycles. The van der Waals surface area contributed by atoms with Gasteiger partial charge in [0.25, 0.3) is 5.91 Å². The Morgan fingerprint density at radius 2 is 1.57 bits per heavy atom. The molecular formula is C23H23N3O2. The van der Waals surface area contributed by atoms with Crippen molar-refractivity contribution in [1.29, 1.82) is 0 Å². The van der Waals surface area contributed by atoms with Gasteiger partial charge in [0.15, 0.2) is 0 Å². The van der Waals surface area contributed by atoms with Gasteiger partial charge in [-0.05, 0) is 67.4 Å². The number of anilines is 3. The summed E-state index contributed by atoms with van der Waals surface area (Å²) in [5.41, 5.74) is 8.75. The molecule has 28 heavy (non-hydrogen) atoms. The zero-order valence-corrected chi connectivity index (χ0v) is 15.6. The van der Waals surface area contributed by atoms with Crippen LogP contribution in [0.3, 0.4) is 0 Å². The quantitative estimate of drug-likeness (QED) is 0.615. The Hall–Kier alpha value is -3.47. The number of nitrogen functional groups attached to an aromatic ring is 1. The molecule has 0 radical (unpaired) electrons. The van der Waals surface area contributed by atoms with E-state index in [0.29, 0.717) is 11.3 Å². The van der Waals surface area contributed by atoms with E-state index in [1.807, 2.05) is 65.6 Å². The molecule has 0 saturated carbocycles. The van der Waals surface area contributed by atoms with Crippen LogP contribution in [0.1, 0.15) is 23.2 Å². The summed E-state index contributed by atoms with van der Waals surface area (Å²) >= 11 is 0. The first-order chi connectivity index (χ1) is 13.7. The van der Waals surface area contributed by atoms with Gasteiger partial charge < -0.3 is 20.7 Å². The first-order valence-electron chi connectivity index (χ1n) is 9.48. The highest BCUT2D eigenvalue weighted by molar-refractivity contribution is 6.01. The summed E-state index contributed by atoms with van der Waals surface area (Å²) in [6.45, 7) is 1.61. The normalized spacial score (nSPS) is 13.4. The SMILES string of the molecule is Nc1ccc(Nc2ccc(Oc3ccccc3)cc2)c(C(=O)N2CCCC2)c1. The van der Waals surface area contributed by atoms with Gasteiger partial charge >= 0.3 is 0 Å². The predicted octanol–water partition coefficient (Wildman–Crippen LogP) is 5.04. The summed E-state index contributed by atoms with van der Waals surface area (Å²) in [5.74, 6) is 1.57. The Kier molecular flexibility index (Phi) is 5.15. The van der Waals surface area contributed by atoms with E-state index < -0.39 is 0 Å².